The van der Waals surface area contributed by atoms with Crippen molar-refractivity contribution in [1.29, 1.82) is 0 Å². The molecule has 6 heteroatoms. The lowest BCUT2D eigenvalue weighted by atomic mass is 10.1. The zero-order chi connectivity index (χ0) is 15.5. The van der Waals surface area contributed by atoms with Gasteiger partial charge in [-0.15, -0.1) is 0 Å². The van der Waals surface area contributed by atoms with E-state index in [-0.39, 0.29) is 6.61 Å². The summed E-state index contributed by atoms with van der Waals surface area (Å²) >= 11 is 0. The number of unbranched alkanes of at least 4 members (excludes halogenated alkanes) is 1. The normalized spacial score (nSPS) is 10.3. The Morgan fingerprint density at radius 3 is 2.43 bits per heavy atom. The van der Waals surface area contributed by atoms with E-state index in [0.717, 1.165) is 19.3 Å². The first-order valence-corrected chi connectivity index (χ1v) is 7.18. The quantitative estimate of drug-likeness (QED) is 0.402. The van der Waals surface area contributed by atoms with E-state index in [1.54, 1.807) is 0 Å². The highest BCUT2D eigenvalue weighted by molar-refractivity contribution is 5.77. The lowest BCUT2D eigenvalue weighted by Gasteiger charge is -2.20. The first kappa shape index (κ1) is 17.1. The molecule has 1 N–H and O–H groups in total. The maximum atomic E-state index is 11.7. The number of aliphatic hydroxyl groups excluding tert-OH is 1. The molecule has 0 saturated heterocycles. The molecule has 1 rings (SSSR count). The number of carbonyl (C=O) groups excluding carboxylic acids is 1. The summed E-state index contributed by atoms with van der Waals surface area (Å²) in [4.78, 5) is 23.0. The largest absolute Gasteiger partial charge is 0.396 e. The lowest BCUT2D eigenvalue weighted by Crippen LogP contribution is -2.37. The van der Waals surface area contributed by atoms with Crippen molar-refractivity contribution in [3.8, 4) is 0 Å². The molecule has 0 heterocycles. The van der Waals surface area contributed by atoms with E-state index in [0.29, 0.717) is 19.5 Å². The smallest absolute Gasteiger partial charge is 0.294 e. The van der Waals surface area contributed by atoms with E-state index in [1.165, 1.54) is 10.5 Å². The molecule has 0 fully saturated rings. The number of hydrogen-bond donors (Lipinski definition) is 1. The highest BCUT2D eigenvalue weighted by atomic mass is 16.6. The molecule has 1 amide bonds. The molecule has 21 heavy (non-hydrogen) atoms. The number of nitrogens with zero attached hydrogens (tertiary/aromatic N) is 2. The lowest BCUT2D eigenvalue weighted by molar-refractivity contribution is -0.468. The molecule has 0 aromatic heterocycles. The molecule has 0 atom stereocenters. The SMILES string of the molecule is O=C(C[N+](=O)[O-])N(CCCO)CCCCc1ccccc1. The minimum atomic E-state index is -0.676. The van der Waals surface area contributed by atoms with Crippen molar-refractivity contribution in [2.24, 2.45) is 0 Å². The molecule has 0 aliphatic carbocycles. The number of hydrogen-bond acceptors (Lipinski definition) is 4. The van der Waals surface area contributed by atoms with Gasteiger partial charge >= 0.3 is 0 Å². The number of amides is 1. The van der Waals surface area contributed by atoms with Crippen LogP contribution in [-0.4, -0.2) is 47.1 Å². The number of nitro groups is 1. The summed E-state index contributed by atoms with van der Waals surface area (Å²) in [5, 5.41) is 19.2. The fourth-order valence-electron chi connectivity index (χ4n) is 2.11. The van der Waals surface area contributed by atoms with Gasteiger partial charge in [0.25, 0.3) is 12.5 Å². The van der Waals surface area contributed by atoms with Gasteiger partial charge in [-0.25, -0.2) is 0 Å². The molecule has 0 saturated carbocycles. The maximum Gasteiger partial charge on any atom is 0.294 e. The van der Waals surface area contributed by atoms with Crippen molar-refractivity contribution in [1.82, 2.24) is 4.90 Å². The number of aliphatic hydroxyl groups is 1. The van der Waals surface area contributed by atoms with E-state index in [9.17, 15) is 14.9 Å². The van der Waals surface area contributed by atoms with Crippen LogP contribution < -0.4 is 0 Å². The first-order chi connectivity index (χ1) is 10.1. The van der Waals surface area contributed by atoms with Crippen LogP contribution in [0.2, 0.25) is 0 Å². The van der Waals surface area contributed by atoms with Gasteiger partial charge in [-0.3, -0.25) is 14.9 Å². The molecule has 0 radical (unpaired) electrons. The molecule has 0 spiro atoms. The second-order valence-electron chi connectivity index (χ2n) is 4.89. The number of carbonyl (C=O) groups is 1. The summed E-state index contributed by atoms with van der Waals surface area (Å²) in [6, 6.07) is 10.1. The third kappa shape index (κ3) is 7.41. The van der Waals surface area contributed by atoms with Crippen molar-refractivity contribution in [2.75, 3.05) is 26.2 Å². The van der Waals surface area contributed by atoms with E-state index >= 15 is 0 Å². The predicted octanol–water partition coefficient (Wildman–Crippen LogP) is 1.50. The van der Waals surface area contributed by atoms with E-state index < -0.39 is 17.4 Å². The Hall–Kier alpha value is -1.95. The summed E-state index contributed by atoms with van der Waals surface area (Å²) in [5.41, 5.74) is 1.25. The minimum absolute atomic E-state index is 0.0216. The van der Waals surface area contributed by atoms with Crippen LogP contribution in [0.5, 0.6) is 0 Å². The van der Waals surface area contributed by atoms with Crippen LogP contribution in [-0.2, 0) is 11.2 Å². The Bertz CT molecular complexity index is 437. The summed E-state index contributed by atoms with van der Waals surface area (Å²) in [5.74, 6) is -0.479. The Kier molecular flexibility index (Phi) is 8.04. The summed E-state index contributed by atoms with van der Waals surface area (Å²) in [6.45, 7) is 0.171. The number of benzene rings is 1. The van der Waals surface area contributed by atoms with Crippen LogP contribution in [0.4, 0.5) is 0 Å². The topological polar surface area (TPSA) is 83.7 Å². The highest BCUT2D eigenvalue weighted by Gasteiger charge is 2.17. The molecule has 1 aromatic carbocycles. The second-order valence-corrected chi connectivity index (χ2v) is 4.89. The van der Waals surface area contributed by atoms with Crippen molar-refractivity contribution in [3.63, 3.8) is 0 Å². The van der Waals surface area contributed by atoms with Crippen molar-refractivity contribution >= 4 is 5.91 Å². The zero-order valence-corrected chi connectivity index (χ0v) is 12.1. The van der Waals surface area contributed by atoms with E-state index in [4.69, 9.17) is 5.11 Å². The molecule has 0 bridgehead atoms. The predicted molar refractivity (Wildman–Crippen MR) is 79.5 cm³/mol. The average Bonchev–Trinajstić information content (AvgIpc) is 2.46. The fourth-order valence-corrected chi connectivity index (χ4v) is 2.11. The van der Waals surface area contributed by atoms with Crippen LogP contribution in [0.3, 0.4) is 0 Å². The monoisotopic (exact) mass is 294 g/mol. The Balaban J connectivity index is 2.34. The van der Waals surface area contributed by atoms with Crippen LogP contribution in [0.25, 0.3) is 0 Å². The highest BCUT2D eigenvalue weighted by Crippen LogP contribution is 2.06. The third-order valence-corrected chi connectivity index (χ3v) is 3.19. The van der Waals surface area contributed by atoms with E-state index in [2.05, 4.69) is 12.1 Å². The van der Waals surface area contributed by atoms with Gasteiger partial charge in [-0.1, -0.05) is 30.3 Å². The van der Waals surface area contributed by atoms with Gasteiger partial charge in [-0.2, -0.15) is 0 Å². The van der Waals surface area contributed by atoms with Crippen LogP contribution in [0.1, 0.15) is 24.8 Å². The maximum absolute atomic E-state index is 11.7. The van der Waals surface area contributed by atoms with Gasteiger partial charge in [0.15, 0.2) is 0 Å². The standard InChI is InChI=1S/C15H22N2O4/c18-12-6-11-16(15(19)13-17(20)21)10-5-4-9-14-7-2-1-3-8-14/h1-3,7-8,18H,4-6,9-13H2. The molecule has 116 valence electrons. The molecular weight excluding hydrogens is 272 g/mol. The third-order valence-electron chi connectivity index (χ3n) is 3.19. The van der Waals surface area contributed by atoms with Gasteiger partial charge in [-0.05, 0) is 31.2 Å². The molecule has 1 aromatic rings. The van der Waals surface area contributed by atoms with Crippen LogP contribution in [0.15, 0.2) is 30.3 Å². The van der Waals surface area contributed by atoms with Crippen molar-refractivity contribution < 1.29 is 14.8 Å². The van der Waals surface area contributed by atoms with Gasteiger partial charge in [0.1, 0.15) is 0 Å². The van der Waals surface area contributed by atoms with Crippen LogP contribution in [0, 0.1) is 10.1 Å². The van der Waals surface area contributed by atoms with Crippen LogP contribution >= 0.6 is 0 Å². The summed E-state index contributed by atoms with van der Waals surface area (Å²) < 4.78 is 0. The summed E-state index contributed by atoms with van der Waals surface area (Å²) in [7, 11) is 0. The number of rotatable bonds is 10. The van der Waals surface area contributed by atoms with Gasteiger partial charge in [0, 0.05) is 24.6 Å². The molecule has 0 unspecified atom stereocenters. The van der Waals surface area contributed by atoms with Gasteiger partial charge in [0.05, 0.1) is 0 Å². The van der Waals surface area contributed by atoms with E-state index in [1.807, 2.05) is 18.2 Å². The average molecular weight is 294 g/mol. The first-order valence-electron chi connectivity index (χ1n) is 7.18. The second kappa shape index (κ2) is 9.88. The molecule has 6 nitrogen and oxygen atoms in total. The van der Waals surface area contributed by atoms with Gasteiger partial charge in [0.2, 0.25) is 0 Å². The summed E-state index contributed by atoms with van der Waals surface area (Å²) in [6.07, 6.45) is 3.09. The molecule has 0 aliphatic rings. The number of aryl methyl sites for hydroxylation is 1. The Morgan fingerprint density at radius 2 is 1.81 bits per heavy atom. The molecule has 0 aliphatic heterocycles. The Morgan fingerprint density at radius 1 is 1.14 bits per heavy atom. The zero-order valence-electron chi connectivity index (χ0n) is 12.1. The minimum Gasteiger partial charge on any atom is -0.396 e. The van der Waals surface area contributed by atoms with Crippen molar-refractivity contribution in [2.45, 2.75) is 25.7 Å². The Labute approximate surface area is 124 Å². The molecular formula is C15H22N2O4. The fraction of sp³-hybridized carbons (Fsp3) is 0.533. The van der Waals surface area contributed by atoms with Gasteiger partial charge < -0.3 is 10.0 Å². The van der Waals surface area contributed by atoms with Crippen molar-refractivity contribution in [3.05, 3.63) is 46.0 Å².